The van der Waals surface area contributed by atoms with Crippen molar-refractivity contribution in [1.29, 1.82) is 0 Å². The summed E-state index contributed by atoms with van der Waals surface area (Å²) in [5.41, 5.74) is 3.51. The molecule has 0 atom stereocenters. The van der Waals surface area contributed by atoms with Crippen LogP contribution in [0.25, 0.3) is 72.7 Å². The number of para-hydroxylation sites is 1. The molecule has 0 aliphatic rings. The highest BCUT2D eigenvalue weighted by Gasteiger charge is 2.27. The highest BCUT2D eigenvalue weighted by molar-refractivity contribution is 5.98. The molecule has 1 N–H and O–H groups in total. The van der Waals surface area contributed by atoms with Crippen LogP contribution in [-0.2, 0) is 16.2 Å². The van der Waals surface area contributed by atoms with E-state index in [9.17, 15) is 7.85 Å². The number of phenolic OH excluding ortho intramolecular Hbond substituents is 1. The minimum atomic E-state index is -3.88. The van der Waals surface area contributed by atoms with Crippen molar-refractivity contribution in [2.75, 3.05) is 0 Å². The van der Waals surface area contributed by atoms with Gasteiger partial charge in [0.1, 0.15) is 11.6 Å². The lowest BCUT2D eigenvalue weighted by Crippen LogP contribution is -2.12. The number of rotatable bonds is 8. The van der Waals surface area contributed by atoms with Crippen LogP contribution >= 0.6 is 0 Å². The van der Waals surface area contributed by atoms with Crippen molar-refractivity contribution in [2.24, 2.45) is 0 Å². The zero-order chi connectivity index (χ0) is 58.6. The molecule has 0 saturated heterocycles. The van der Waals surface area contributed by atoms with E-state index in [1.54, 1.807) is 0 Å². The van der Waals surface area contributed by atoms with Crippen LogP contribution in [-0.4, -0.2) is 19.6 Å². The second-order valence-electron chi connectivity index (χ2n) is 19.4. The van der Waals surface area contributed by atoms with Gasteiger partial charge in [-0.1, -0.05) is 175 Å². The molecule has 2 heterocycles. The zero-order valence-corrected chi connectivity index (χ0v) is 38.3. The number of phenols is 1. The Balaban J connectivity index is 1.44. The summed E-state index contributed by atoms with van der Waals surface area (Å²) in [6.45, 7) is 9.28. The van der Waals surface area contributed by atoms with Gasteiger partial charge in [-0.2, -0.15) is 0 Å². The summed E-state index contributed by atoms with van der Waals surface area (Å²) in [7, 11) is 0. The maximum Gasteiger partial charge on any atom is 0.149 e. The predicted molar refractivity (Wildman–Crippen MR) is 272 cm³/mol. The van der Waals surface area contributed by atoms with Crippen LogP contribution in [0, 0.1) is 0 Å². The Kier molecular flexibility index (Phi) is 7.63. The average molecular weight is 859 g/mol. The molecule has 0 spiro atoms. The largest absolute Gasteiger partial charge is 0.507 e. The molecule has 2 aromatic heterocycles. The van der Waals surface area contributed by atoms with Gasteiger partial charge in [0.05, 0.1) is 36.2 Å². The van der Waals surface area contributed by atoms with Crippen molar-refractivity contribution >= 4 is 11.0 Å². The summed E-state index contributed by atoms with van der Waals surface area (Å²) in [5.74, 6) is 0.719. The third-order valence-corrected chi connectivity index (χ3v) is 11.9. The molecule has 4 nitrogen and oxygen atoms in total. The third kappa shape index (κ3) is 8.68. The number of benzene rings is 6. The first kappa shape index (κ1) is 29.2. The summed E-state index contributed by atoms with van der Waals surface area (Å²) in [6, 6.07) is 28.6. The molecule has 0 radical (unpaired) electrons. The van der Waals surface area contributed by atoms with Crippen LogP contribution in [0.5, 0.6) is 5.75 Å². The van der Waals surface area contributed by atoms with Crippen molar-refractivity contribution in [3.8, 4) is 67.5 Å². The number of aromatic nitrogens is 3. The SMILES string of the molecule is [2H]c1nc(-c2cc(-c3cccc4c3nc(-c3cc(C(C)C)cc(C(C)C)c3O)n4-c3ccc(C(C)(C)C)cc3-c3ccccc3)cc(C(C)(C)C)c2)cc(-c2c([2H])c([2H])c(C(C([2H])([2H])[2H])(C([2H])([2H])[2H])C([2H])([2H])[2H])c([2H])c2[2H])c1[2H]. The fraction of sp³-hybridized carbons (Fsp3) is 0.300. The second kappa shape index (κ2) is 16.7. The van der Waals surface area contributed by atoms with E-state index in [0.717, 1.165) is 44.6 Å². The maximum atomic E-state index is 12.4. The molecule has 0 aliphatic carbocycles. The fourth-order valence-electron chi connectivity index (χ4n) is 8.06. The number of hydrogen-bond donors (Lipinski definition) is 1. The van der Waals surface area contributed by atoms with E-state index in [0.29, 0.717) is 33.6 Å². The van der Waals surface area contributed by atoms with E-state index in [-0.39, 0.29) is 34.3 Å². The Morgan fingerprint density at radius 2 is 1.27 bits per heavy atom. The number of imidazole rings is 1. The van der Waals surface area contributed by atoms with Gasteiger partial charge in [0.15, 0.2) is 0 Å². The fourth-order valence-corrected chi connectivity index (χ4v) is 8.06. The minimum absolute atomic E-state index is 0.0237. The van der Waals surface area contributed by atoms with Crippen molar-refractivity contribution in [2.45, 2.75) is 118 Å². The molecule has 0 bridgehead atoms. The third-order valence-electron chi connectivity index (χ3n) is 11.9. The van der Waals surface area contributed by atoms with Gasteiger partial charge in [-0.15, -0.1) is 0 Å². The van der Waals surface area contributed by atoms with E-state index in [4.69, 9.17) is 22.8 Å². The monoisotopic (exact) mass is 859 g/mol. The smallest absolute Gasteiger partial charge is 0.149 e. The first-order valence-electron chi connectivity index (χ1n) is 29.3. The van der Waals surface area contributed by atoms with E-state index in [1.165, 1.54) is 6.07 Å². The average Bonchev–Trinajstić information content (AvgIpc) is 3.87. The molecule has 4 heteroatoms. The molecule has 0 amide bonds. The van der Waals surface area contributed by atoms with Crippen molar-refractivity contribution < 1.29 is 25.7 Å². The number of pyridine rings is 1. The van der Waals surface area contributed by atoms with Gasteiger partial charge in [0.25, 0.3) is 0 Å². The molecule has 64 heavy (non-hydrogen) atoms. The highest BCUT2D eigenvalue weighted by atomic mass is 16.3. The van der Waals surface area contributed by atoms with Crippen molar-refractivity contribution in [3.63, 3.8) is 0 Å². The molecule has 326 valence electrons. The lowest BCUT2D eigenvalue weighted by Gasteiger charge is -2.23. The molecule has 0 aliphatic heterocycles. The van der Waals surface area contributed by atoms with E-state index in [1.807, 2.05) is 95.3 Å². The van der Waals surface area contributed by atoms with Crippen molar-refractivity contribution in [3.05, 3.63) is 167 Å². The lowest BCUT2D eigenvalue weighted by atomic mass is 9.83. The summed E-state index contributed by atoms with van der Waals surface area (Å²) < 4.78 is 131. The Morgan fingerprint density at radius 3 is 1.92 bits per heavy atom. The van der Waals surface area contributed by atoms with Crippen LogP contribution in [0.3, 0.4) is 0 Å². The van der Waals surface area contributed by atoms with Gasteiger partial charge in [0.2, 0.25) is 0 Å². The number of hydrogen-bond acceptors (Lipinski definition) is 3. The summed E-state index contributed by atoms with van der Waals surface area (Å²) in [4.78, 5) is 10.0. The summed E-state index contributed by atoms with van der Waals surface area (Å²) in [6.07, 6.45) is -0.612. The Hall–Kier alpha value is -6.26. The molecular formula is C60H65N3O. The molecule has 0 fully saturated rings. The standard InChI is InChI=1S/C60H65N3O/c1-37(2)42-33-49(38(3)4)56(64)51(34-42)57-62-55-48(20-17-21-54(55)63(57)53-27-26-46(59(8,9)10)36-50(53)40-18-15-14-16-19-40)43-30-44(32-47(31-43)60(11,12)13)52-35-41(28-29-61-52)39-22-24-45(25-23-39)58(5,6)7/h14-38,64H,1-13H3/i5D3,6D3,7D3,22D,23D,24D,25D,28D,29D. The van der Waals surface area contributed by atoms with Crippen LogP contribution in [0.4, 0.5) is 0 Å². The van der Waals surface area contributed by atoms with Crippen LogP contribution in [0.1, 0.15) is 150 Å². The van der Waals surface area contributed by atoms with Gasteiger partial charge in [-0.3, -0.25) is 9.55 Å². The number of aromatic hydroxyl groups is 1. The minimum Gasteiger partial charge on any atom is -0.507 e. The molecular weight excluding hydrogens is 779 g/mol. The van der Waals surface area contributed by atoms with Crippen LogP contribution in [0.2, 0.25) is 0 Å². The molecule has 8 aromatic rings. The van der Waals surface area contributed by atoms with E-state index >= 15 is 0 Å². The van der Waals surface area contributed by atoms with E-state index in [2.05, 4.69) is 80.6 Å². The molecule has 6 aromatic carbocycles. The first-order valence-corrected chi connectivity index (χ1v) is 21.8. The summed E-state index contributed by atoms with van der Waals surface area (Å²) in [5, 5.41) is 12.4. The molecule has 0 saturated carbocycles. The maximum absolute atomic E-state index is 12.4. The van der Waals surface area contributed by atoms with Gasteiger partial charge in [0, 0.05) is 35.2 Å². The first-order chi connectivity index (χ1) is 36.4. The molecule has 0 unspecified atom stereocenters. The Bertz CT molecular complexity index is 3620. The second-order valence-corrected chi connectivity index (χ2v) is 19.4. The van der Waals surface area contributed by atoms with Crippen molar-refractivity contribution in [1.82, 2.24) is 14.5 Å². The normalized spacial score (nSPS) is 16.5. The predicted octanol–water partition coefficient (Wildman–Crippen LogP) is 16.6. The van der Waals surface area contributed by atoms with Gasteiger partial charge >= 0.3 is 0 Å². The summed E-state index contributed by atoms with van der Waals surface area (Å²) >= 11 is 0. The Morgan fingerprint density at radius 1 is 0.562 bits per heavy atom. The van der Waals surface area contributed by atoms with Gasteiger partial charge < -0.3 is 5.11 Å². The topological polar surface area (TPSA) is 50.9 Å². The zero-order valence-electron chi connectivity index (χ0n) is 53.3. The number of nitrogens with zero attached hydrogens (tertiary/aromatic N) is 3. The van der Waals surface area contributed by atoms with Crippen LogP contribution < -0.4 is 0 Å². The van der Waals surface area contributed by atoms with Gasteiger partial charge in [-0.05, 0) is 127 Å². The van der Waals surface area contributed by atoms with E-state index < -0.39 is 78.9 Å². The highest BCUT2D eigenvalue weighted by Crippen LogP contribution is 2.45. The Labute approximate surface area is 403 Å². The molecule has 8 rings (SSSR count). The van der Waals surface area contributed by atoms with Gasteiger partial charge in [-0.25, -0.2) is 4.98 Å². The lowest BCUT2D eigenvalue weighted by molar-refractivity contribution is 0.466. The quantitative estimate of drug-likeness (QED) is 0.166. The van der Waals surface area contributed by atoms with Crippen LogP contribution in [0.15, 0.2) is 140 Å². The number of fused-ring (bicyclic) bond motifs is 1.